The Balaban J connectivity index is 0.953. The minimum Gasteiger partial charge on any atom is -0.422 e. The molecular weight excluding hydrogens is 504 g/mol. The summed E-state index contributed by atoms with van der Waals surface area (Å²) < 4.78 is 11.0. The Morgan fingerprint density at radius 2 is 0.950 bits per heavy atom. The van der Waals surface area contributed by atoms with Gasteiger partial charge in [-0.3, -0.25) is 0 Å². The van der Waals surface area contributed by atoms with Crippen LogP contribution in [0.3, 0.4) is 0 Å². The summed E-state index contributed by atoms with van der Waals surface area (Å²) in [6, 6.07) is 18.8. The number of aromatic nitrogens is 2. The Labute approximate surface area is 230 Å². The standard InChI is InChI=1S/C32H30N4O4/c37-31-27-23(21-11-5-7-13-25(21)39-31)15-19-35-29(27)33-17-9-3-1-2-4-10-18-34-30-28-24(16-20-36-30)22-12-6-8-14-26(22)40-32(28)38/h5-8,11-16,19-20H,1-4,9-10,17-18H2,(H,33,35)(H,34,36). The number of pyridine rings is 2. The molecule has 6 aromatic rings. The monoisotopic (exact) mass is 534 g/mol. The van der Waals surface area contributed by atoms with Crippen LogP contribution >= 0.6 is 0 Å². The first kappa shape index (κ1) is 25.6. The van der Waals surface area contributed by atoms with Crippen LogP contribution in [0, 0.1) is 0 Å². The van der Waals surface area contributed by atoms with Gasteiger partial charge in [-0.05, 0) is 37.1 Å². The Morgan fingerprint density at radius 3 is 1.43 bits per heavy atom. The third-order valence-corrected chi connectivity index (χ3v) is 7.26. The fourth-order valence-corrected chi connectivity index (χ4v) is 5.28. The molecule has 0 aliphatic carbocycles. The number of anilines is 2. The molecule has 0 unspecified atom stereocenters. The second-order valence-electron chi connectivity index (χ2n) is 9.91. The normalized spacial score (nSPS) is 11.5. The zero-order chi connectivity index (χ0) is 27.3. The highest BCUT2D eigenvalue weighted by Gasteiger charge is 2.13. The Morgan fingerprint density at radius 1 is 0.525 bits per heavy atom. The largest absolute Gasteiger partial charge is 0.422 e. The summed E-state index contributed by atoms with van der Waals surface area (Å²) in [6.45, 7) is 1.48. The van der Waals surface area contributed by atoms with Gasteiger partial charge in [-0.1, -0.05) is 62.1 Å². The van der Waals surface area contributed by atoms with Gasteiger partial charge in [0.25, 0.3) is 0 Å². The van der Waals surface area contributed by atoms with Crippen molar-refractivity contribution in [3.63, 3.8) is 0 Å². The number of hydrogen-bond acceptors (Lipinski definition) is 8. The van der Waals surface area contributed by atoms with E-state index in [4.69, 9.17) is 8.83 Å². The van der Waals surface area contributed by atoms with Crippen molar-refractivity contribution < 1.29 is 8.83 Å². The predicted molar refractivity (Wildman–Crippen MR) is 160 cm³/mol. The zero-order valence-electron chi connectivity index (χ0n) is 22.1. The highest BCUT2D eigenvalue weighted by Crippen LogP contribution is 2.27. The molecule has 0 spiro atoms. The highest BCUT2D eigenvalue weighted by molar-refractivity contribution is 6.08. The average Bonchev–Trinajstić information content (AvgIpc) is 2.98. The van der Waals surface area contributed by atoms with Gasteiger partial charge < -0.3 is 19.5 Å². The first-order chi connectivity index (χ1) is 19.7. The smallest absolute Gasteiger partial charge is 0.347 e. The van der Waals surface area contributed by atoms with Crippen LogP contribution in [0.5, 0.6) is 0 Å². The Bertz CT molecular complexity index is 1790. The second kappa shape index (κ2) is 11.6. The fraction of sp³-hybridized carbons (Fsp3) is 0.250. The number of nitrogens with one attached hydrogen (secondary N) is 2. The van der Waals surface area contributed by atoms with Gasteiger partial charge in [-0.2, -0.15) is 0 Å². The lowest BCUT2D eigenvalue weighted by Gasteiger charge is -2.10. The second-order valence-corrected chi connectivity index (χ2v) is 9.91. The number of benzene rings is 2. The molecule has 8 nitrogen and oxygen atoms in total. The van der Waals surface area contributed by atoms with Crippen LogP contribution in [0.1, 0.15) is 38.5 Å². The van der Waals surface area contributed by atoms with Gasteiger partial charge in [0.2, 0.25) is 0 Å². The molecule has 0 amide bonds. The summed E-state index contributed by atoms with van der Waals surface area (Å²) >= 11 is 0. The summed E-state index contributed by atoms with van der Waals surface area (Å²) in [5.41, 5.74) is 0.428. The topological polar surface area (TPSA) is 110 Å². The van der Waals surface area contributed by atoms with Crippen LogP contribution in [0.25, 0.3) is 43.5 Å². The molecule has 202 valence electrons. The van der Waals surface area contributed by atoms with E-state index in [0.29, 0.717) is 33.6 Å². The maximum absolute atomic E-state index is 12.6. The van der Waals surface area contributed by atoms with E-state index in [1.54, 1.807) is 24.5 Å². The molecule has 0 bridgehead atoms. The van der Waals surface area contributed by atoms with Gasteiger partial charge >= 0.3 is 11.3 Å². The lowest BCUT2D eigenvalue weighted by molar-refractivity contribution is 0.569. The Kier molecular flexibility index (Phi) is 7.39. The first-order valence-electron chi connectivity index (χ1n) is 13.8. The summed E-state index contributed by atoms with van der Waals surface area (Å²) in [5.74, 6) is 1.15. The van der Waals surface area contributed by atoms with Gasteiger partial charge in [0, 0.05) is 47.0 Å². The van der Waals surface area contributed by atoms with Crippen LogP contribution in [-0.2, 0) is 0 Å². The first-order valence-corrected chi connectivity index (χ1v) is 13.8. The maximum atomic E-state index is 12.6. The molecule has 0 radical (unpaired) electrons. The van der Waals surface area contributed by atoms with E-state index in [0.717, 1.165) is 73.2 Å². The molecule has 0 aliphatic heterocycles. The lowest BCUT2D eigenvalue weighted by atomic mass is 10.1. The zero-order valence-corrected chi connectivity index (χ0v) is 22.1. The number of para-hydroxylation sites is 2. The molecule has 0 saturated heterocycles. The van der Waals surface area contributed by atoms with Crippen molar-refractivity contribution in [2.75, 3.05) is 23.7 Å². The predicted octanol–water partition coefficient (Wildman–Crippen LogP) is 6.86. The molecule has 2 aromatic carbocycles. The van der Waals surface area contributed by atoms with Crippen molar-refractivity contribution in [2.24, 2.45) is 0 Å². The number of rotatable bonds is 11. The summed E-state index contributed by atoms with van der Waals surface area (Å²) in [7, 11) is 0. The molecule has 0 fully saturated rings. The summed E-state index contributed by atoms with van der Waals surface area (Å²) in [5, 5.41) is 11.2. The van der Waals surface area contributed by atoms with Gasteiger partial charge in [0.15, 0.2) is 0 Å². The van der Waals surface area contributed by atoms with Crippen molar-refractivity contribution in [3.8, 4) is 0 Å². The maximum Gasteiger partial charge on any atom is 0.347 e. The van der Waals surface area contributed by atoms with E-state index in [1.807, 2.05) is 48.5 Å². The lowest BCUT2D eigenvalue weighted by Crippen LogP contribution is -2.09. The minimum atomic E-state index is -0.370. The van der Waals surface area contributed by atoms with Gasteiger partial charge in [-0.25, -0.2) is 19.6 Å². The number of unbranched alkanes of at least 4 members (excludes halogenated alkanes) is 5. The van der Waals surface area contributed by atoms with Crippen LogP contribution in [0.15, 0.2) is 91.5 Å². The number of nitrogens with zero attached hydrogens (tertiary/aromatic N) is 2. The molecule has 6 rings (SSSR count). The van der Waals surface area contributed by atoms with Crippen LogP contribution < -0.4 is 21.9 Å². The van der Waals surface area contributed by atoms with Crippen LogP contribution in [0.2, 0.25) is 0 Å². The molecule has 4 aromatic heterocycles. The van der Waals surface area contributed by atoms with Crippen molar-refractivity contribution >= 4 is 55.1 Å². The number of fused-ring (bicyclic) bond motifs is 6. The Hall–Kier alpha value is -4.72. The van der Waals surface area contributed by atoms with E-state index < -0.39 is 0 Å². The van der Waals surface area contributed by atoms with Crippen molar-refractivity contribution in [2.45, 2.75) is 38.5 Å². The van der Waals surface area contributed by atoms with Crippen molar-refractivity contribution in [1.82, 2.24) is 9.97 Å². The summed E-state index contributed by atoms with van der Waals surface area (Å²) in [4.78, 5) is 34.0. The van der Waals surface area contributed by atoms with E-state index in [1.165, 1.54) is 0 Å². The van der Waals surface area contributed by atoms with E-state index >= 15 is 0 Å². The highest BCUT2D eigenvalue weighted by atomic mass is 16.4. The number of hydrogen-bond donors (Lipinski definition) is 2. The van der Waals surface area contributed by atoms with E-state index in [9.17, 15) is 9.59 Å². The molecule has 0 aliphatic rings. The van der Waals surface area contributed by atoms with Crippen LogP contribution in [0.4, 0.5) is 11.6 Å². The molecule has 0 atom stereocenters. The molecule has 2 N–H and O–H groups in total. The molecular formula is C32H30N4O4. The average molecular weight is 535 g/mol. The van der Waals surface area contributed by atoms with Gasteiger partial charge in [0.05, 0.1) is 0 Å². The van der Waals surface area contributed by atoms with Crippen molar-refractivity contribution in [1.29, 1.82) is 0 Å². The molecule has 40 heavy (non-hydrogen) atoms. The van der Waals surface area contributed by atoms with E-state index in [2.05, 4.69) is 20.6 Å². The van der Waals surface area contributed by atoms with Gasteiger partial charge in [-0.15, -0.1) is 0 Å². The van der Waals surface area contributed by atoms with Crippen molar-refractivity contribution in [3.05, 3.63) is 93.9 Å². The molecule has 4 heterocycles. The SMILES string of the molecule is O=c1oc2ccccc2c2ccnc(NCCCCCCCCNc3nccc4c3c(=O)oc3ccccc34)c12. The molecule has 0 saturated carbocycles. The third-order valence-electron chi connectivity index (χ3n) is 7.26. The quantitative estimate of drug-likeness (QED) is 0.105. The van der Waals surface area contributed by atoms with Gasteiger partial charge in [0.1, 0.15) is 33.6 Å². The molecule has 8 heteroatoms. The van der Waals surface area contributed by atoms with E-state index in [-0.39, 0.29) is 11.3 Å². The minimum absolute atomic E-state index is 0.370. The van der Waals surface area contributed by atoms with Crippen LogP contribution in [-0.4, -0.2) is 23.1 Å². The fourth-order valence-electron chi connectivity index (χ4n) is 5.28. The summed E-state index contributed by atoms with van der Waals surface area (Å²) in [6.07, 6.45) is 9.85. The third kappa shape index (κ3) is 5.12.